The first kappa shape index (κ1) is 18.8. The van der Waals surface area contributed by atoms with E-state index in [4.69, 9.17) is 4.74 Å². The minimum Gasteiger partial charge on any atom is -0.396 e. The van der Waals surface area contributed by atoms with Crippen LogP contribution < -0.4 is 9.80 Å². The molecule has 2 saturated heterocycles. The third-order valence-corrected chi connectivity index (χ3v) is 6.09. The van der Waals surface area contributed by atoms with Crippen LogP contribution >= 0.6 is 0 Å². The third kappa shape index (κ3) is 4.17. The van der Waals surface area contributed by atoms with Crippen LogP contribution in [0.1, 0.15) is 32.1 Å². The topological polar surface area (TPSA) is 65.0 Å². The Kier molecular flexibility index (Phi) is 6.04. The van der Waals surface area contributed by atoms with E-state index in [1.807, 2.05) is 4.90 Å². The van der Waals surface area contributed by atoms with Gasteiger partial charge in [-0.2, -0.15) is 4.98 Å². The second-order valence-electron chi connectivity index (χ2n) is 7.73. The molecular formula is C19H30FN5O2. The fourth-order valence-corrected chi connectivity index (χ4v) is 4.67. The Labute approximate surface area is 160 Å². The molecule has 27 heavy (non-hydrogen) atoms. The molecule has 0 bridgehead atoms. The standard InChI is InChI=1S/C19H30FN5O2/c20-17-13-21-19(22-18(17)23-8-11-27-12-9-23)24-6-7-25(15-3-1-2-4-15)16(14-24)5-10-26/h13,15-16,26H,1-12,14H2/t16-/m0/s1. The maximum atomic E-state index is 14.3. The van der Waals surface area contributed by atoms with Crippen molar-refractivity contribution >= 4 is 11.8 Å². The largest absolute Gasteiger partial charge is 0.396 e. The van der Waals surface area contributed by atoms with Crippen molar-refractivity contribution < 1.29 is 14.2 Å². The highest BCUT2D eigenvalue weighted by Gasteiger charge is 2.34. The van der Waals surface area contributed by atoms with E-state index in [9.17, 15) is 9.50 Å². The van der Waals surface area contributed by atoms with E-state index in [0.717, 1.165) is 26.1 Å². The lowest BCUT2D eigenvalue weighted by molar-refractivity contribution is 0.0979. The Balaban J connectivity index is 1.49. The first-order valence-corrected chi connectivity index (χ1v) is 10.2. The Morgan fingerprint density at radius 1 is 1.11 bits per heavy atom. The summed E-state index contributed by atoms with van der Waals surface area (Å²) in [4.78, 5) is 15.5. The number of ether oxygens (including phenoxy) is 1. The Hall–Kier alpha value is -1.51. The molecule has 150 valence electrons. The van der Waals surface area contributed by atoms with E-state index in [-0.39, 0.29) is 12.4 Å². The molecule has 4 rings (SSSR count). The summed E-state index contributed by atoms with van der Waals surface area (Å²) in [7, 11) is 0. The van der Waals surface area contributed by atoms with Gasteiger partial charge in [0.25, 0.3) is 0 Å². The minimum atomic E-state index is -0.378. The van der Waals surface area contributed by atoms with E-state index in [0.29, 0.717) is 50.2 Å². The minimum absolute atomic E-state index is 0.186. The van der Waals surface area contributed by atoms with Crippen molar-refractivity contribution in [3.05, 3.63) is 12.0 Å². The fourth-order valence-electron chi connectivity index (χ4n) is 4.67. The number of aliphatic hydroxyl groups excluding tert-OH is 1. The van der Waals surface area contributed by atoms with Crippen LogP contribution in [-0.4, -0.2) is 84.6 Å². The highest BCUT2D eigenvalue weighted by atomic mass is 19.1. The number of halogens is 1. The first-order valence-electron chi connectivity index (χ1n) is 10.2. The number of morpholine rings is 1. The van der Waals surface area contributed by atoms with Crippen LogP contribution in [0.3, 0.4) is 0 Å². The monoisotopic (exact) mass is 379 g/mol. The summed E-state index contributed by atoms with van der Waals surface area (Å²) in [5, 5.41) is 9.54. The molecular weight excluding hydrogens is 349 g/mol. The predicted molar refractivity (Wildman–Crippen MR) is 102 cm³/mol. The zero-order valence-electron chi connectivity index (χ0n) is 15.9. The molecule has 3 heterocycles. The van der Waals surface area contributed by atoms with Crippen LogP contribution in [0.2, 0.25) is 0 Å². The van der Waals surface area contributed by atoms with Gasteiger partial charge in [-0.25, -0.2) is 9.37 Å². The van der Waals surface area contributed by atoms with Crippen molar-refractivity contribution in [2.45, 2.75) is 44.2 Å². The van der Waals surface area contributed by atoms with Gasteiger partial charge in [0.15, 0.2) is 11.6 Å². The van der Waals surface area contributed by atoms with Crippen LogP contribution in [0.5, 0.6) is 0 Å². The lowest BCUT2D eigenvalue weighted by Gasteiger charge is -2.44. The summed E-state index contributed by atoms with van der Waals surface area (Å²) in [5.41, 5.74) is 0. The van der Waals surface area contributed by atoms with Crippen molar-refractivity contribution in [1.29, 1.82) is 0 Å². The number of aromatic nitrogens is 2. The van der Waals surface area contributed by atoms with Gasteiger partial charge in [0.1, 0.15) is 0 Å². The van der Waals surface area contributed by atoms with Gasteiger partial charge in [-0.05, 0) is 19.3 Å². The zero-order chi connectivity index (χ0) is 18.6. The zero-order valence-corrected chi connectivity index (χ0v) is 15.9. The van der Waals surface area contributed by atoms with E-state index < -0.39 is 0 Å². The number of rotatable bonds is 5. The molecule has 0 unspecified atom stereocenters. The first-order chi connectivity index (χ1) is 13.3. The highest BCUT2D eigenvalue weighted by molar-refractivity contribution is 5.45. The van der Waals surface area contributed by atoms with E-state index in [2.05, 4.69) is 19.8 Å². The number of hydrogen-bond acceptors (Lipinski definition) is 7. The average Bonchev–Trinajstić information content (AvgIpc) is 3.24. The Morgan fingerprint density at radius 2 is 1.89 bits per heavy atom. The second-order valence-corrected chi connectivity index (χ2v) is 7.73. The predicted octanol–water partition coefficient (Wildman–Crippen LogP) is 1.27. The van der Waals surface area contributed by atoms with Crippen LogP contribution in [0, 0.1) is 5.82 Å². The van der Waals surface area contributed by atoms with E-state index >= 15 is 0 Å². The second kappa shape index (κ2) is 8.67. The maximum absolute atomic E-state index is 14.3. The maximum Gasteiger partial charge on any atom is 0.227 e. The van der Waals surface area contributed by atoms with Crippen molar-refractivity contribution in [1.82, 2.24) is 14.9 Å². The summed E-state index contributed by atoms with van der Waals surface area (Å²) >= 11 is 0. The molecule has 0 radical (unpaired) electrons. The molecule has 1 saturated carbocycles. The molecule has 7 nitrogen and oxygen atoms in total. The lowest BCUT2D eigenvalue weighted by atomic mass is 10.0. The van der Waals surface area contributed by atoms with Crippen LogP contribution in [-0.2, 0) is 4.74 Å². The van der Waals surface area contributed by atoms with Crippen LogP contribution in [0.15, 0.2) is 6.20 Å². The molecule has 1 N–H and O–H groups in total. The Morgan fingerprint density at radius 3 is 2.63 bits per heavy atom. The fraction of sp³-hybridized carbons (Fsp3) is 0.789. The van der Waals surface area contributed by atoms with Gasteiger partial charge in [0.05, 0.1) is 19.4 Å². The average molecular weight is 379 g/mol. The number of aliphatic hydroxyl groups is 1. The van der Waals surface area contributed by atoms with Gasteiger partial charge in [0.2, 0.25) is 5.95 Å². The van der Waals surface area contributed by atoms with Gasteiger partial charge in [-0.1, -0.05) is 12.8 Å². The summed E-state index contributed by atoms with van der Waals surface area (Å²) in [6, 6.07) is 0.939. The van der Waals surface area contributed by atoms with Gasteiger partial charge in [-0.3, -0.25) is 4.90 Å². The summed E-state index contributed by atoms with van der Waals surface area (Å²) in [5.74, 6) is 0.587. The lowest BCUT2D eigenvalue weighted by Crippen LogP contribution is -2.56. The smallest absolute Gasteiger partial charge is 0.227 e. The normalized spacial score (nSPS) is 25.3. The van der Waals surface area contributed by atoms with Crippen LogP contribution in [0.25, 0.3) is 0 Å². The number of nitrogens with zero attached hydrogens (tertiary/aromatic N) is 5. The number of anilines is 2. The van der Waals surface area contributed by atoms with Crippen molar-refractivity contribution in [2.75, 3.05) is 62.3 Å². The molecule has 1 atom stereocenters. The summed E-state index contributed by atoms with van der Waals surface area (Å²) in [6.07, 6.45) is 7.18. The van der Waals surface area contributed by atoms with Gasteiger partial charge in [-0.15, -0.1) is 0 Å². The van der Waals surface area contributed by atoms with Crippen molar-refractivity contribution in [3.8, 4) is 0 Å². The molecule has 0 aromatic carbocycles. The van der Waals surface area contributed by atoms with E-state index in [1.165, 1.54) is 31.9 Å². The van der Waals surface area contributed by atoms with E-state index in [1.54, 1.807) is 0 Å². The quantitative estimate of drug-likeness (QED) is 0.826. The molecule has 2 aliphatic heterocycles. The van der Waals surface area contributed by atoms with Crippen molar-refractivity contribution in [3.63, 3.8) is 0 Å². The SMILES string of the molecule is OCC[C@H]1CN(c2ncc(F)c(N3CCOCC3)n2)CCN1C1CCCC1. The molecule has 1 aromatic rings. The van der Waals surface area contributed by atoms with Crippen molar-refractivity contribution in [2.24, 2.45) is 0 Å². The molecule has 0 amide bonds. The van der Waals surface area contributed by atoms with Gasteiger partial charge in [0, 0.05) is 51.4 Å². The van der Waals surface area contributed by atoms with Gasteiger partial charge >= 0.3 is 0 Å². The molecule has 1 aliphatic carbocycles. The third-order valence-electron chi connectivity index (χ3n) is 6.09. The molecule has 1 aromatic heterocycles. The molecule has 3 fully saturated rings. The van der Waals surface area contributed by atoms with Crippen LogP contribution in [0.4, 0.5) is 16.2 Å². The molecule has 0 spiro atoms. The summed E-state index contributed by atoms with van der Waals surface area (Å²) < 4.78 is 19.7. The molecule has 8 heteroatoms. The Bertz CT molecular complexity index is 622. The van der Waals surface area contributed by atoms with Gasteiger partial charge < -0.3 is 19.6 Å². The molecule has 3 aliphatic rings. The number of hydrogen-bond donors (Lipinski definition) is 1. The number of piperazine rings is 1. The summed E-state index contributed by atoms with van der Waals surface area (Å²) in [6.45, 7) is 5.24. The highest BCUT2D eigenvalue weighted by Crippen LogP contribution is 2.29.